The Morgan fingerprint density at radius 1 is 0.839 bits per heavy atom. The van der Waals surface area contributed by atoms with Crippen molar-refractivity contribution >= 4 is 27.5 Å². The number of amides is 2. The molecule has 0 fully saturated rings. The third-order valence-corrected chi connectivity index (χ3v) is 7.27. The minimum absolute atomic E-state index is 0.0569. The fourth-order valence-electron chi connectivity index (χ4n) is 3.30. The maximum absolute atomic E-state index is 12.8. The molecule has 0 atom stereocenters. The normalized spacial score (nSPS) is 11.3. The predicted molar refractivity (Wildman–Crippen MR) is 123 cm³/mol. The first-order chi connectivity index (χ1) is 14.4. The van der Waals surface area contributed by atoms with Crippen molar-refractivity contribution in [3.8, 4) is 0 Å². The van der Waals surface area contributed by atoms with Gasteiger partial charge in [0.05, 0.1) is 11.4 Å². The summed E-state index contributed by atoms with van der Waals surface area (Å²) in [5.74, 6) is -0.753. The van der Waals surface area contributed by atoms with Gasteiger partial charge < -0.3 is 10.6 Å². The smallest absolute Gasteiger partial charge is 0.243 e. The summed E-state index contributed by atoms with van der Waals surface area (Å²) in [5, 5.41) is 5.28. The summed E-state index contributed by atoms with van der Waals surface area (Å²) in [6.45, 7) is 10.9. The molecular weight excluding hydrogens is 414 g/mol. The lowest BCUT2D eigenvalue weighted by Gasteiger charge is -2.16. The zero-order valence-corrected chi connectivity index (χ0v) is 19.8. The minimum Gasteiger partial charge on any atom is -0.347 e. The molecule has 8 heteroatoms. The van der Waals surface area contributed by atoms with Crippen LogP contribution in [-0.2, 0) is 19.6 Å². The van der Waals surface area contributed by atoms with Gasteiger partial charge in [-0.25, -0.2) is 13.1 Å². The first kappa shape index (κ1) is 24.6. The van der Waals surface area contributed by atoms with Gasteiger partial charge in [-0.15, -0.1) is 0 Å². The SMILES string of the molecule is Cc1cccc(NC(=O)CNC(=O)CCNS(=O)(=O)c2c(C)c(C)cc(C)c2C)c1C. The second kappa shape index (κ2) is 10.1. The van der Waals surface area contributed by atoms with Crippen LogP contribution >= 0.6 is 0 Å². The second-order valence-corrected chi connectivity index (χ2v) is 9.51. The van der Waals surface area contributed by atoms with Crippen LogP contribution in [0.25, 0.3) is 0 Å². The number of aryl methyl sites for hydroxylation is 3. The van der Waals surface area contributed by atoms with Gasteiger partial charge in [0.15, 0.2) is 0 Å². The molecule has 0 saturated heterocycles. The zero-order valence-electron chi connectivity index (χ0n) is 19.0. The lowest BCUT2D eigenvalue weighted by molar-refractivity contribution is -0.124. The van der Waals surface area contributed by atoms with E-state index in [1.807, 2.05) is 45.9 Å². The summed E-state index contributed by atoms with van der Waals surface area (Å²) in [6.07, 6.45) is -0.0706. The molecule has 2 aromatic rings. The third-order valence-electron chi connectivity index (χ3n) is 5.53. The van der Waals surface area contributed by atoms with Gasteiger partial charge >= 0.3 is 0 Å². The van der Waals surface area contributed by atoms with Crippen LogP contribution in [0.2, 0.25) is 0 Å². The van der Waals surface area contributed by atoms with E-state index in [1.165, 1.54) is 0 Å². The van der Waals surface area contributed by atoms with E-state index in [0.717, 1.165) is 22.3 Å². The number of nitrogens with one attached hydrogen (secondary N) is 3. The monoisotopic (exact) mass is 445 g/mol. The molecular formula is C23H31N3O4S. The van der Waals surface area contributed by atoms with E-state index < -0.39 is 15.9 Å². The second-order valence-electron chi connectivity index (χ2n) is 7.81. The van der Waals surface area contributed by atoms with Gasteiger partial charge in [0.2, 0.25) is 21.8 Å². The number of hydrogen-bond acceptors (Lipinski definition) is 4. The molecule has 7 nitrogen and oxygen atoms in total. The van der Waals surface area contributed by atoms with E-state index in [4.69, 9.17) is 0 Å². The molecule has 2 amide bonds. The fourth-order valence-corrected chi connectivity index (χ4v) is 4.95. The van der Waals surface area contributed by atoms with Crippen molar-refractivity contribution in [3.63, 3.8) is 0 Å². The standard InChI is InChI=1S/C23H31N3O4S/c1-14-8-7-9-20(17(14)4)26-22(28)13-24-21(27)10-11-25-31(29,30)23-18(5)15(2)12-16(3)19(23)6/h7-9,12,25H,10-11,13H2,1-6H3,(H,24,27)(H,26,28). The zero-order chi connectivity index (χ0) is 23.3. The Balaban J connectivity index is 1.88. The van der Waals surface area contributed by atoms with Crippen LogP contribution in [0.4, 0.5) is 5.69 Å². The summed E-state index contributed by atoms with van der Waals surface area (Å²) >= 11 is 0. The number of rotatable bonds is 8. The van der Waals surface area contributed by atoms with Gasteiger partial charge in [-0.2, -0.15) is 0 Å². The van der Waals surface area contributed by atoms with Crippen LogP contribution < -0.4 is 15.4 Å². The van der Waals surface area contributed by atoms with Gasteiger partial charge in [-0.1, -0.05) is 18.2 Å². The molecule has 0 aromatic heterocycles. The Hall–Kier alpha value is -2.71. The highest BCUT2D eigenvalue weighted by molar-refractivity contribution is 7.89. The van der Waals surface area contributed by atoms with E-state index in [1.54, 1.807) is 19.9 Å². The first-order valence-electron chi connectivity index (χ1n) is 10.1. The van der Waals surface area contributed by atoms with E-state index in [-0.39, 0.29) is 30.3 Å². The van der Waals surface area contributed by atoms with Crippen LogP contribution in [0.15, 0.2) is 29.2 Å². The average Bonchev–Trinajstić information content (AvgIpc) is 2.68. The lowest BCUT2D eigenvalue weighted by atomic mass is 10.0. The van der Waals surface area contributed by atoms with Crippen molar-refractivity contribution < 1.29 is 18.0 Å². The first-order valence-corrected chi connectivity index (χ1v) is 11.6. The summed E-state index contributed by atoms with van der Waals surface area (Å²) in [4.78, 5) is 24.4. The molecule has 0 aliphatic carbocycles. The Morgan fingerprint density at radius 2 is 1.45 bits per heavy atom. The third kappa shape index (κ3) is 6.15. The van der Waals surface area contributed by atoms with Gasteiger partial charge in [-0.05, 0) is 81.0 Å². The molecule has 2 aromatic carbocycles. The van der Waals surface area contributed by atoms with Crippen molar-refractivity contribution in [1.82, 2.24) is 10.0 Å². The molecule has 0 unspecified atom stereocenters. The summed E-state index contributed by atoms with van der Waals surface area (Å²) in [6, 6.07) is 7.56. The number of carbonyl (C=O) groups excluding carboxylic acids is 2. The predicted octanol–water partition coefficient (Wildman–Crippen LogP) is 2.96. The molecule has 168 valence electrons. The highest BCUT2D eigenvalue weighted by atomic mass is 32.2. The average molecular weight is 446 g/mol. The molecule has 2 rings (SSSR count). The Bertz CT molecular complexity index is 1080. The number of benzene rings is 2. The van der Waals surface area contributed by atoms with Crippen LogP contribution in [-0.4, -0.2) is 33.3 Å². The number of hydrogen-bond donors (Lipinski definition) is 3. The largest absolute Gasteiger partial charge is 0.347 e. The number of carbonyl (C=O) groups is 2. The van der Waals surface area contributed by atoms with Crippen molar-refractivity contribution in [2.75, 3.05) is 18.4 Å². The van der Waals surface area contributed by atoms with Crippen LogP contribution in [0, 0.1) is 41.5 Å². The number of anilines is 1. The Morgan fingerprint density at radius 3 is 2.06 bits per heavy atom. The maximum Gasteiger partial charge on any atom is 0.243 e. The molecule has 3 N–H and O–H groups in total. The molecule has 0 aliphatic heterocycles. The van der Waals surface area contributed by atoms with Gasteiger partial charge in [0.1, 0.15) is 0 Å². The van der Waals surface area contributed by atoms with Crippen LogP contribution in [0.3, 0.4) is 0 Å². The summed E-state index contributed by atoms with van der Waals surface area (Å²) < 4.78 is 28.1. The van der Waals surface area contributed by atoms with Crippen molar-refractivity contribution in [1.29, 1.82) is 0 Å². The summed E-state index contributed by atoms with van der Waals surface area (Å²) in [7, 11) is -3.75. The molecule has 0 aliphatic rings. The topological polar surface area (TPSA) is 104 Å². The van der Waals surface area contributed by atoms with Crippen LogP contribution in [0.5, 0.6) is 0 Å². The van der Waals surface area contributed by atoms with Crippen LogP contribution in [0.1, 0.15) is 39.8 Å². The molecule has 0 heterocycles. The van der Waals surface area contributed by atoms with E-state index >= 15 is 0 Å². The molecule has 31 heavy (non-hydrogen) atoms. The van der Waals surface area contributed by atoms with Crippen molar-refractivity contribution in [2.45, 2.75) is 52.9 Å². The van der Waals surface area contributed by atoms with Crippen molar-refractivity contribution in [2.24, 2.45) is 0 Å². The maximum atomic E-state index is 12.8. The van der Waals surface area contributed by atoms with Crippen molar-refractivity contribution in [3.05, 3.63) is 57.6 Å². The van der Waals surface area contributed by atoms with E-state index in [2.05, 4.69) is 15.4 Å². The molecule has 0 spiro atoms. The quantitative estimate of drug-likeness (QED) is 0.581. The lowest BCUT2D eigenvalue weighted by Crippen LogP contribution is -2.35. The van der Waals surface area contributed by atoms with Gasteiger partial charge in [0.25, 0.3) is 0 Å². The highest BCUT2D eigenvalue weighted by Gasteiger charge is 2.22. The fraction of sp³-hybridized carbons (Fsp3) is 0.391. The Labute approximate surface area is 184 Å². The number of sulfonamides is 1. The van der Waals surface area contributed by atoms with Gasteiger partial charge in [0, 0.05) is 18.7 Å². The highest BCUT2D eigenvalue weighted by Crippen LogP contribution is 2.25. The minimum atomic E-state index is -3.75. The van der Waals surface area contributed by atoms with E-state index in [9.17, 15) is 18.0 Å². The Kier molecular flexibility index (Phi) is 7.97. The summed E-state index contributed by atoms with van der Waals surface area (Å²) in [5.41, 5.74) is 5.92. The molecule has 0 saturated carbocycles. The molecule has 0 radical (unpaired) electrons. The molecule has 0 bridgehead atoms. The van der Waals surface area contributed by atoms with Gasteiger partial charge in [-0.3, -0.25) is 9.59 Å². The van der Waals surface area contributed by atoms with E-state index in [0.29, 0.717) is 16.8 Å².